The van der Waals surface area contributed by atoms with Crippen molar-refractivity contribution in [1.82, 2.24) is 15.5 Å². The highest BCUT2D eigenvalue weighted by Gasteiger charge is 2.15. The molecule has 1 aromatic carbocycles. The van der Waals surface area contributed by atoms with Crippen LogP contribution in [0.2, 0.25) is 0 Å². The fraction of sp³-hybridized carbons (Fsp3) is 0.632. The Morgan fingerprint density at radius 1 is 1.20 bits per heavy atom. The maximum atomic E-state index is 11.8. The molecule has 2 rings (SSSR count). The molecule has 6 heteroatoms. The molecule has 1 fully saturated rings. The van der Waals surface area contributed by atoms with E-state index in [1.807, 2.05) is 7.05 Å². The van der Waals surface area contributed by atoms with Gasteiger partial charge in [-0.1, -0.05) is 31.2 Å². The number of hydrogen-bond acceptors (Lipinski definition) is 3. The van der Waals surface area contributed by atoms with E-state index in [1.165, 1.54) is 37.1 Å². The maximum absolute atomic E-state index is 11.8. The molecule has 0 radical (unpaired) electrons. The average molecular weight is 390 g/mol. The molecule has 0 bridgehead atoms. The third-order valence-corrected chi connectivity index (χ3v) is 4.59. The number of hydrogen-bond donors (Lipinski definition) is 2. The molecule has 1 aromatic rings. The van der Waals surface area contributed by atoms with E-state index in [-0.39, 0.29) is 30.7 Å². The van der Waals surface area contributed by atoms with Crippen LogP contribution in [0.25, 0.3) is 0 Å². The van der Waals surface area contributed by atoms with Gasteiger partial charge in [0.15, 0.2) is 0 Å². The number of amides is 1. The largest absolute Gasteiger partial charge is 0.352 e. The third-order valence-electron chi connectivity index (χ3n) is 4.59. The van der Waals surface area contributed by atoms with Crippen molar-refractivity contribution in [3.63, 3.8) is 0 Å². The average Bonchev–Trinajstić information content (AvgIpc) is 2.56. The van der Waals surface area contributed by atoms with Crippen LogP contribution in [0.1, 0.15) is 43.7 Å². The van der Waals surface area contributed by atoms with Gasteiger partial charge >= 0.3 is 0 Å². The molecule has 1 aliphatic rings. The number of nitrogens with zero attached hydrogens (tertiary/aromatic N) is 1. The standard InChI is InChI=1S/C19H31N3O.2ClH/c1-16-8-11-22(12-9-16)15-18-6-3-5-17(13-18)14-21-19(23)7-4-10-20-2;;/h3,5-6,13,16,20H,4,7-12,14-15H2,1-2H3,(H,21,23);2*1H. The predicted molar refractivity (Wildman–Crippen MR) is 110 cm³/mol. The smallest absolute Gasteiger partial charge is 0.220 e. The summed E-state index contributed by atoms with van der Waals surface area (Å²) in [5, 5.41) is 6.08. The van der Waals surface area contributed by atoms with E-state index in [2.05, 4.69) is 46.7 Å². The summed E-state index contributed by atoms with van der Waals surface area (Å²) in [6, 6.07) is 8.61. The molecular formula is C19H33Cl2N3O. The van der Waals surface area contributed by atoms with E-state index in [1.54, 1.807) is 0 Å². The number of halogens is 2. The van der Waals surface area contributed by atoms with Crippen molar-refractivity contribution in [2.24, 2.45) is 5.92 Å². The minimum absolute atomic E-state index is 0. The Morgan fingerprint density at radius 3 is 2.56 bits per heavy atom. The summed E-state index contributed by atoms with van der Waals surface area (Å²) in [4.78, 5) is 14.3. The molecule has 144 valence electrons. The Labute approximate surface area is 164 Å². The fourth-order valence-corrected chi connectivity index (χ4v) is 3.03. The van der Waals surface area contributed by atoms with Crippen molar-refractivity contribution in [2.45, 2.75) is 45.7 Å². The lowest BCUT2D eigenvalue weighted by molar-refractivity contribution is -0.121. The van der Waals surface area contributed by atoms with Crippen LogP contribution in [-0.4, -0.2) is 37.5 Å². The van der Waals surface area contributed by atoms with E-state index in [9.17, 15) is 4.79 Å². The van der Waals surface area contributed by atoms with Gasteiger partial charge in [-0.2, -0.15) is 0 Å². The van der Waals surface area contributed by atoms with Crippen molar-refractivity contribution in [1.29, 1.82) is 0 Å². The highest BCUT2D eigenvalue weighted by Crippen LogP contribution is 2.18. The first kappa shape index (κ1) is 24.2. The van der Waals surface area contributed by atoms with Gasteiger partial charge in [0.05, 0.1) is 0 Å². The quantitative estimate of drug-likeness (QED) is 0.669. The van der Waals surface area contributed by atoms with Crippen LogP contribution in [0.5, 0.6) is 0 Å². The SMILES string of the molecule is CNCCCC(=O)NCc1cccc(CN2CCC(C)CC2)c1.Cl.Cl. The third kappa shape index (κ3) is 9.45. The number of carbonyl (C=O) groups excluding carboxylic acids is 1. The number of rotatable bonds is 8. The summed E-state index contributed by atoms with van der Waals surface area (Å²) in [5.74, 6) is 1.01. The molecule has 0 unspecified atom stereocenters. The summed E-state index contributed by atoms with van der Waals surface area (Å²) in [6.45, 7) is 7.29. The second-order valence-corrected chi connectivity index (χ2v) is 6.76. The van der Waals surface area contributed by atoms with Gasteiger partial charge in [0, 0.05) is 19.5 Å². The second-order valence-electron chi connectivity index (χ2n) is 6.76. The van der Waals surface area contributed by atoms with Crippen molar-refractivity contribution in [3.8, 4) is 0 Å². The molecule has 4 nitrogen and oxygen atoms in total. The summed E-state index contributed by atoms with van der Waals surface area (Å²) < 4.78 is 0. The molecule has 25 heavy (non-hydrogen) atoms. The molecule has 2 N–H and O–H groups in total. The predicted octanol–water partition coefficient (Wildman–Crippen LogP) is 3.38. The van der Waals surface area contributed by atoms with E-state index in [0.717, 1.165) is 25.4 Å². The highest BCUT2D eigenvalue weighted by atomic mass is 35.5. The summed E-state index contributed by atoms with van der Waals surface area (Å²) in [6.07, 6.45) is 4.09. The van der Waals surface area contributed by atoms with Crippen LogP contribution < -0.4 is 10.6 Å². The van der Waals surface area contributed by atoms with Gasteiger partial charge in [-0.25, -0.2) is 0 Å². The van der Waals surface area contributed by atoms with Gasteiger partial charge in [0.25, 0.3) is 0 Å². The van der Waals surface area contributed by atoms with Crippen LogP contribution in [0, 0.1) is 5.92 Å². The van der Waals surface area contributed by atoms with E-state index in [4.69, 9.17) is 0 Å². The maximum Gasteiger partial charge on any atom is 0.220 e. The van der Waals surface area contributed by atoms with Gasteiger partial charge in [-0.05, 0) is 63.0 Å². The Morgan fingerprint density at radius 2 is 1.88 bits per heavy atom. The van der Waals surface area contributed by atoms with Gasteiger partial charge in [0.2, 0.25) is 5.91 Å². The first-order valence-corrected chi connectivity index (χ1v) is 8.89. The highest BCUT2D eigenvalue weighted by molar-refractivity contribution is 5.85. The Balaban J connectivity index is 0.00000288. The molecule has 1 amide bonds. The van der Waals surface area contributed by atoms with Gasteiger partial charge < -0.3 is 10.6 Å². The van der Waals surface area contributed by atoms with Crippen LogP contribution in [0.3, 0.4) is 0 Å². The van der Waals surface area contributed by atoms with Gasteiger partial charge in [0.1, 0.15) is 0 Å². The molecule has 0 atom stereocenters. The van der Waals surface area contributed by atoms with E-state index < -0.39 is 0 Å². The van der Waals surface area contributed by atoms with Crippen LogP contribution in [0.4, 0.5) is 0 Å². The number of piperidine rings is 1. The van der Waals surface area contributed by atoms with Crippen molar-refractivity contribution >= 4 is 30.7 Å². The zero-order valence-corrected chi connectivity index (χ0v) is 17.1. The van der Waals surface area contributed by atoms with Crippen molar-refractivity contribution in [3.05, 3.63) is 35.4 Å². The molecule has 1 heterocycles. The van der Waals surface area contributed by atoms with E-state index >= 15 is 0 Å². The Hall–Kier alpha value is -0.810. The van der Waals surface area contributed by atoms with Crippen LogP contribution >= 0.6 is 24.8 Å². The monoisotopic (exact) mass is 389 g/mol. The minimum Gasteiger partial charge on any atom is -0.352 e. The van der Waals surface area contributed by atoms with E-state index in [0.29, 0.717) is 13.0 Å². The zero-order valence-electron chi connectivity index (χ0n) is 15.4. The minimum atomic E-state index is 0. The second kappa shape index (κ2) is 13.4. The zero-order chi connectivity index (χ0) is 16.5. The Kier molecular flexibility index (Phi) is 13.0. The lowest BCUT2D eigenvalue weighted by Gasteiger charge is -2.30. The number of benzene rings is 1. The molecular weight excluding hydrogens is 357 g/mol. The van der Waals surface area contributed by atoms with Crippen molar-refractivity contribution < 1.29 is 4.79 Å². The first-order chi connectivity index (χ1) is 11.2. The summed E-state index contributed by atoms with van der Waals surface area (Å²) in [5.41, 5.74) is 2.54. The van der Waals surface area contributed by atoms with Gasteiger partial charge in [-0.3, -0.25) is 9.69 Å². The molecule has 0 spiro atoms. The van der Waals surface area contributed by atoms with Gasteiger partial charge in [-0.15, -0.1) is 24.8 Å². The fourth-order valence-electron chi connectivity index (χ4n) is 3.03. The lowest BCUT2D eigenvalue weighted by atomic mass is 9.98. The lowest BCUT2D eigenvalue weighted by Crippen LogP contribution is -2.32. The number of carbonyl (C=O) groups is 1. The van der Waals surface area contributed by atoms with Crippen LogP contribution in [0.15, 0.2) is 24.3 Å². The normalized spacial score (nSPS) is 15.1. The van der Waals surface area contributed by atoms with Crippen LogP contribution in [-0.2, 0) is 17.9 Å². The molecule has 1 aliphatic heterocycles. The molecule has 0 aliphatic carbocycles. The summed E-state index contributed by atoms with van der Waals surface area (Å²) >= 11 is 0. The Bertz CT molecular complexity index is 491. The van der Waals surface area contributed by atoms with Crippen molar-refractivity contribution in [2.75, 3.05) is 26.7 Å². The summed E-state index contributed by atoms with van der Waals surface area (Å²) in [7, 11) is 1.91. The molecule has 0 aromatic heterocycles. The number of nitrogens with one attached hydrogen (secondary N) is 2. The topological polar surface area (TPSA) is 44.4 Å². The molecule has 1 saturated heterocycles. The number of likely N-dealkylation sites (tertiary alicyclic amines) is 1. The first-order valence-electron chi connectivity index (χ1n) is 8.89. The molecule has 0 saturated carbocycles.